The van der Waals surface area contributed by atoms with E-state index in [1.54, 1.807) is 6.07 Å². The zero-order chi connectivity index (χ0) is 15.4. The van der Waals surface area contributed by atoms with Gasteiger partial charge in [-0.25, -0.2) is 9.78 Å². The van der Waals surface area contributed by atoms with Gasteiger partial charge in [-0.2, -0.15) is 0 Å². The van der Waals surface area contributed by atoms with Crippen LogP contribution in [0.2, 0.25) is 5.15 Å². The van der Waals surface area contributed by atoms with E-state index in [1.807, 2.05) is 0 Å². The number of aromatic nitrogens is 1. The van der Waals surface area contributed by atoms with Gasteiger partial charge in [-0.15, -0.1) is 0 Å². The Labute approximate surface area is 133 Å². The Morgan fingerprint density at radius 1 is 1.43 bits per heavy atom. The van der Waals surface area contributed by atoms with Gasteiger partial charge >= 0.3 is 5.97 Å². The van der Waals surface area contributed by atoms with Crippen LogP contribution in [0.25, 0.3) is 0 Å². The fraction of sp³-hybridized carbons (Fsp3) is 0.0769. The number of benzene rings is 1. The number of esters is 1. The third-order valence-corrected chi connectivity index (χ3v) is 3.25. The number of non-ortho nitro benzene ring substituents is 1. The van der Waals surface area contributed by atoms with Gasteiger partial charge in [0, 0.05) is 22.8 Å². The lowest BCUT2D eigenvalue weighted by Gasteiger charge is -2.06. The molecule has 0 spiro atoms. The van der Waals surface area contributed by atoms with Crippen molar-refractivity contribution in [2.24, 2.45) is 0 Å². The maximum Gasteiger partial charge on any atom is 0.341 e. The molecule has 0 amide bonds. The molecule has 1 heterocycles. The minimum absolute atomic E-state index is 0.0299. The molecule has 0 aliphatic heterocycles. The maximum absolute atomic E-state index is 11.9. The van der Waals surface area contributed by atoms with Crippen molar-refractivity contribution in [2.75, 3.05) is 0 Å². The van der Waals surface area contributed by atoms with Crippen molar-refractivity contribution in [3.8, 4) is 0 Å². The number of halogens is 2. The molecule has 1 aromatic carbocycles. The molecule has 0 aliphatic carbocycles. The van der Waals surface area contributed by atoms with Gasteiger partial charge in [-0.05, 0) is 27.6 Å². The highest BCUT2D eigenvalue weighted by Crippen LogP contribution is 2.20. The maximum atomic E-state index is 11.9. The second-order valence-electron chi connectivity index (χ2n) is 4.00. The average molecular weight is 372 g/mol. The van der Waals surface area contributed by atoms with Crippen LogP contribution in [-0.4, -0.2) is 15.9 Å². The van der Waals surface area contributed by atoms with Gasteiger partial charge in [0.25, 0.3) is 5.69 Å². The van der Waals surface area contributed by atoms with Gasteiger partial charge in [0.15, 0.2) is 0 Å². The van der Waals surface area contributed by atoms with E-state index in [0.717, 1.165) is 0 Å². The van der Waals surface area contributed by atoms with Gasteiger partial charge in [0.2, 0.25) is 0 Å². The minimum Gasteiger partial charge on any atom is -0.457 e. The summed E-state index contributed by atoms with van der Waals surface area (Å²) in [7, 11) is 0. The number of nitro groups is 1. The Bertz CT molecular complexity index is 708. The average Bonchev–Trinajstić information content (AvgIpc) is 2.47. The molecule has 0 saturated carbocycles. The molecule has 2 rings (SSSR count). The highest BCUT2D eigenvalue weighted by Gasteiger charge is 2.14. The molecular weight excluding hydrogens is 364 g/mol. The second kappa shape index (κ2) is 6.64. The van der Waals surface area contributed by atoms with E-state index in [-0.39, 0.29) is 23.0 Å². The number of pyridine rings is 1. The van der Waals surface area contributed by atoms with Crippen LogP contribution in [-0.2, 0) is 11.3 Å². The van der Waals surface area contributed by atoms with E-state index >= 15 is 0 Å². The van der Waals surface area contributed by atoms with Crippen LogP contribution < -0.4 is 0 Å². The lowest BCUT2D eigenvalue weighted by molar-refractivity contribution is -0.384. The monoisotopic (exact) mass is 370 g/mol. The van der Waals surface area contributed by atoms with E-state index in [0.29, 0.717) is 10.0 Å². The Balaban J connectivity index is 2.09. The molecule has 2 aromatic rings. The Morgan fingerprint density at radius 2 is 2.19 bits per heavy atom. The van der Waals surface area contributed by atoms with E-state index in [1.165, 1.54) is 30.5 Å². The summed E-state index contributed by atoms with van der Waals surface area (Å²) in [6, 6.07) is 7.34. The molecule has 0 radical (unpaired) electrons. The molecule has 1 aromatic heterocycles. The summed E-state index contributed by atoms with van der Waals surface area (Å²) in [6.07, 6.45) is 1.46. The fourth-order valence-corrected chi connectivity index (χ4v) is 2.06. The van der Waals surface area contributed by atoms with Gasteiger partial charge in [0.1, 0.15) is 11.8 Å². The number of carbonyl (C=O) groups excluding carboxylic acids is 1. The molecule has 8 heteroatoms. The van der Waals surface area contributed by atoms with Crippen LogP contribution >= 0.6 is 27.5 Å². The largest absolute Gasteiger partial charge is 0.457 e. The van der Waals surface area contributed by atoms with Crippen molar-refractivity contribution >= 4 is 39.2 Å². The molecule has 0 fully saturated rings. The summed E-state index contributed by atoms with van der Waals surface area (Å²) >= 11 is 9.00. The molecular formula is C13H8BrClN2O4. The normalized spacial score (nSPS) is 10.2. The highest BCUT2D eigenvalue weighted by molar-refractivity contribution is 9.10. The van der Waals surface area contributed by atoms with Gasteiger partial charge < -0.3 is 4.74 Å². The summed E-state index contributed by atoms with van der Waals surface area (Å²) in [5.41, 5.74) is 0.568. The highest BCUT2D eigenvalue weighted by atomic mass is 79.9. The number of nitrogens with zero attached hydrogens (tertiary/aromatic N) is 2. The Kier molecular flexibility index (Phi) is 4.87. The lowest BCUT2D eigenvalue weighted by atomic mass is 10.2. The van der Waals surface area contributed by atoms with E-state index in [2.05, 4.69) is 20.9 Å². The van der Waals surface area contributed by atoms with Gasteiger partial charge in [0.05, 0.1) is 10.5 Å². The summed E-state index contributed by atoms with van der Waals surface area (Å²) in [6.45, 7) is -0.0939. The minimum atomic E-state index is -0.652. The van der Waals surface area contributed by atoms with Crippen LogP contribution in [0.4, 0.5) is 5.69 Å². The number of hydrogen-bond donors (Lipinski definition) is 0. The number of nitro benzene ring substituents is 1. The van der Waals surface area contributed by atoms with Crippen molar-refractivity contribution in [1.82, 2.24) is 4.98 Å². The van der Waals surface area contributed by atoms with Crippen LogP contribution in [0.5, 0.6) is 0 Å². The number of carbonyl (C=O) groups is 1. The molecule has 108 valence electrons. The summed E-state index contributed by atoms with van der Waals surface area (Å²) in [5, 5.41) is 10.7. The van der Waals surface area contributed by atoms with Gasteiger partial charge in [-0.1, -0.05) is 23.7 Å². The summed E-state index contributed by atoms with van der Waals surface area (Å²) in [4.78, 5) is 25.9. The third-order valence-electron chi connectivity index (χ3n) is 2.52. The zero-order valence-corrected chi connectivity index (χ0v) is 12.8. The molecule has 0 saturated heterocycles. The van der Waals surface area contributed by atoms with Crippen LogP contribution in [0.15, 0.2) is 41.0 Å². The van der Waals surface area contributed by atoms with Gasteiger partial charge in [-0.3, -0.25) is 10.1 Å². The first kappa shape index (κ1) is 15.4. The predicted octanol–water partition coefficient (Wildman–Crippen LogP) is 3.76. The second-order valence-corrected chi connectivity index (χ2v) is 5.27. The molecule has 21 heavy (non-hydrogen) atoms. The first-order chi connectivity index (χ1) is 9.97. The Hall–Kier alpha value is -1.99. The zero-order valence-electron chi connectivity index (χ0n) is 10.5. The number of hydrogen-bond acceptors (Lipinski definition) is 5. The van der Waals surface area contributed by atoms with E-state index in [4.69, 9.17) is 16.3 Å². The Morgan fingerprint density at radius 3 is 2.90 bits per heavy atom. The van der Waals surface area contributed by atoms with Crippen molar-refractivity contribution in [2.45, 2.75) is 6.61 Å². The van der Waals surface area contributed by atoms with E-state index < -0.39 is 10.9 Å². The summed E-state index contributed by atoms with van der Waals surface area (Å²) in [5.74, 6) is -0.652. The molecule has 0 aliphatic rings. The molecule has 6 nitrogen and oxygen atoms in total. The first-order valence-electron chi connectivity index (χ1n) is 5.69. The van der Waals surface area contributed by atoms with Crippen molar-refractivity contribution in [1.29, 1.82) is 0 Å². The third kappa shape index (κ3) is 3.99. The molecule has 0 bridgehead atoms. The fourth-order valence-electron chi connectivity index (χ4n) is 1.55. The first-order valence-corrected chi connectivity index (χ1v) is 6.86. The summed E-state index contributed by atoms with van der Waals surface area (Å²) < 4.78 is 5.67. The quantitative estimate of drug-likeness (QED) is 0.354. The number of rotatable bonds is 4. The topological polar surface area (TPSA) is 82.3 Å². The lowest BCUT2D eigenvalue weighted by Crippen LogP contribution is -2.07. The van der Waals surface area contributed by atoms with Crippen LogP contribution in [0, 0.1) is 10.1 Å². The smallest absolute Gasteiger partial charge is 0.341 e. The van der Waals surface area contributed by atoms with Crippen molar-refractivity contribution < 1.29 is 14.5 Å². The SMILES string of the molecule is O=C(OCc1cccc([N+](=O)[O-])c1)c1cc(Br)cnc1Cl. The predicted molar refractivity (Wildman–Crippen MR) is 79.2 cm³/mol. The number of ether oxygens (including phenoxy) is 1. The molecule has 0 N–H and O–H groups in total. The van der Waals surface area contributed by atoms with Crippen molar-refractivity contribution in [3.05, 3.63) is 67.4 Å². The molecule has 0 unspecified atom stereocenters. The van der Waals surface area contributed by atoms with E-state index in [9.17, 15) is 14.9 Å². The van der Waals surface area contributed by atoms with Crippen LogP contribution in [0.3, 0.4) is 0 Å². The van der Waals surface area contributed by atoms with Crippen molar-refractivity contribution in [3.63, 3.8) is 0 Å². The standard InChI is InChI=1S/C13H8BrClN2O4/c14-9-5-11(12(15)16-6-9)13(18)21-7-8-2-1-3-10(4-8)17(19)20/h1-6H,7H2. The molecule has 0 atom stereocenters. The van der Waals surface area contributed by atoms with Crippen LogP contribution in [0.1, 0.15) is 15.9 Å².